The predicted octanol–water partition coefficient (Wildman–Crippen LogP) is 2.14. The van der Waals surface area contributed by atoms with Gasteiger partial charge in [0.15, 0.2) is 0 Å². The summed E-state index contributed by atoms with van der Waals surface area (Å²) in [7, 11) is -3.25. The normalized spacial score (nSPS) is 17.0. The highest BCUT2D eigenvalue weighted by Crippen LogP contribution is 2.27. The van der Waals surface area contributed by atoms with E-state index in [-0.39, 0.29) is 5.25 Å². The van der Waals surface area contributed by atoms with Gasteiger partial charge in [0.05, 0.1) is 10.9 Å². The van der Waals surface area contributed by atoms with Crippen LogP contribution in [0.3, 0.4) is 0 Å². The first kappa shape index (κ1) is 13.4. The Kier molecular flexibility index (Phi) is 3.92. The Balaban J connectivity index is 2.22. The van der Waals surface area contributed by atoms with Crippen molar-refractivity contribution in [3.05, 3.63) is 29.3 Å². The summed E-state index contributed by atoms with van der Waals surface area (Å²) in [4.78, 5) is 0. The van der Waals surface area contributed by atoms with E-state index in [9.17, 15) is 8.42 Å². The molecule has 0 radical (unpaired) electrons. The maximum Gasteiger partial charge on any atom is 0.235 e. The lowest BCUT2D eigenvalue weighted by molar-refractivity contribution is 0.585. The van der Waals surface area contributed by atoms with Crippen LogP contribution in [0.4, 0.5) is 5.69 Å². The molecule has 0 heterocycles. The molecule has 1 fully saturated rings. The van der Waals surface area contributed by atoms with Crippen molar-refractivity contribution in [3.63, 3.8) is 0 Å². The van der Waals surface area contributed by atoms with Crippen LogP contribution in [0, 0.1) is 6.92 Å². The van der Waals surface area contributed by atoms with Gasteiger partial charge in [0.25, 0.3) is 0 Å². The van der Waals surface area contributed by atoms with Crippen LogP contribution in [0.25, 0.3) is 0 Å². The van der Waals surface area contributed by atoms with E-state index in [0.29, 0.717) is 12.2 Å². The maximum atomic E-state index is 12.2. The molecule has 0 spiro atoms. The standard InChI is InChI=1S/C13H20N2O2S/c1-10-6-7-11(9-14)8-13(10)15-18(16,17)12-4-2-3-5-12/h6-8,12,15H,2-5,9,14H2,1H3. The van der Waals surface area contributed by atoms with Crippen LogP contribution >= 0.6 is 0 Å². The second-order valence-corrected chi connectivity index (χ2v) is 6.87. The Labute approximate surface area is 109 Å². The first-order chi connectivity index (χ1) is 8.53. The number of anilines is 1. The lowest BCUT2D eigenvalue weighted by atomic mass is 10.1. The third-order valence-electron chi connectivity index (χ3n) is 3.53. The molecule has 0 atom stereocenters. The second-order valence-electron chi connectivity index (χ2n) is 4.91. The summed E-state index contributed by atoms with van der Waals surface area (Å²) >= 11 is 0. The highest BCUT2D eigenvalue weighted by atomic mass is 32.2. The Morgan fingerprint density at radius 3 is 2.61 bits per heavy atom. The van der Waals surface area contributed by atoms with E-state index < -0.39 is 10.0 Å². The van der Waals surface area contributed by atoms with E-state index in [2.05, 4.69) is 4.72 Å². The fourth-order valence-electron chi connectivity index (χ4n) is 2.34. The van der Waals surface area contributed by atoms with Crippen molar-refractivity contribution in [2.45, 2.75) is 44.4 Å². The smallest absolute Gasteiger partial charge is 0.235 e. The average Bonchev–Trinajstić information content (AvgIpc) is 2.86. The van der Waals surface area contributed by atoms with Gasteiger partial charge in [0.2, 0.25) is 10.0 Å². The van der Waals surface area contributed by atoms with Crippen molar-refractivity contribution in [2.75, 3.05) is 4.72 Å². The maximum absolute atomic E-state index is 12.2. The van der Waals surface area contributed by atoms with Crippen LogP contribution < -0.4 is 10.5 Å². The van der Waals surface area contributed by atoms with Crippen LogP contribution in [0.2, 0.25) is 0 Å². The number of rotatable bonds is 4. The van der Waals surface area contributed by atoms with Gasteiger partial charge in [-0.2, -0.15) is 0 Å². The quantitative estimate of drug-likeness (QED) is 0.878. The lowest BCUT2D eigenvalue weighted by Crippen LogP contribution is -2.25. The first-order valence-electron chi connectivity index (χ1n) is 6.34. The van der Waals surface area contributed by atoms with Crippen molar-refractivity contribution >= 4 is 15.7 Å². The van der Waals surface area contributed by atoms with Gasteiger partial charge in [-0.3, -0.25) is 4.72 Å². The SMILES string of the molecule is Cc1ccc(CN)cc1NS(=O)(=O)C1CCCC1. The van der Waals surface area contributed by atoms with Crippen LogP contribution in [0.1, 0.15) is 36.8 Å². The molecule has 0 amide bonds. The summed E-state index contributed by atoms with van der Waals surface area (Å²) in [6.45, 7) is 2.31. The molecule has 3 N–H and O–H groups in total. The fourth-order valence-corrected chi connectivity index (χ4v) is 3.99. The zero-order chi connectivity index (χ0) is 13.2. The molecule has 0 aliphatic heterocycles. The molecule has 1 aliphatic carbocycles. The minimum absolute atomic E-state index is 0.238. The zero-order valence-electron chi connectivity index (χ0n) is 10.6. The van der Waals surface area contributed by atoms with Gasteiger partial charge in [-0.1, -0.05) is 25.0 Å². The third kappa shape index (κ3) is 2.84. The van der Waals surface area contributed by atoms with E-state index >= 15 is 0 Å². The van der Waals surface area contributed by atoms with Gasteiger partial charge >= 0.3 is 0 Å². The van der Waals surface area contributed by atoms with Crippen molar-refractivity contribution < 1.29 is 8.42 Å². The van der Waals surface area contributed by atoms with Gasteiger partial charge in [0.1, 0.15) is 0 Å². The summed E-state index contributed by atoms with van der Waals surface area (Å²) in [5, 5.41) is -0.238. The molecule has 1 saturated carbocycles. The molecule has 1 aromatic carbocycles. The summed E-state index contributed by atoms with van der Waals surface area (Å²) in [5.41, 5.74) is 8.09. The molecule has 2 rings (SSSR count). The molecule has 0 saturated heterocycles. The molecule has 0 bridgehead atoms. The van der Waals surface area contributed by atoms with Crippen LogP contribution in [-0.4, -0.2) is 13.7 Å². The summed E-state index contributed by atoms with van der Waals surface area (Å²) < 4.78 is 27.1. The van der Waals surface area contributed by atoms with Gasteiger partial charge < -0.3 is 5.73 Å². The molecule has 1 aliphatic rings. The van der Waals surface area contributed by atoms with Gasteiger partial charge in [-0.05, 0) is 37.0 Å². The molecular weight excluding hydrogens is 248 g/mol. The van der Waals surface area contributed by atoms with Gasteiger partial charge in [-0.15, -0.1) is 0 Å². The Morgan fingerprint density at radius 1 is 1.33 bits per heavy atom. The molecule has 100 valence electrons. The number of benzene rings is 1. The number of hydrogen-bond acceptors (Lipinski definition) is 3. The van der Waals surface area contributed by atoms with Crippen LogP contribution in [-0.2, 0) is 16.6 Å². The Morgan fingerprint density at radius 2 is 2.00 bits per heavy atom. The van der Waals surface area contributed by atoms with E-state index in [0.717, 1.165) is 36.8 Å². The molecule has 4 nitrogen and oxygen atoms in total. The minimum Gasteiger partial charge on any atom is -0.326 e. The first-order valence-corrected chi connectivity index (χ1v) is 7.89. The topological polar surface area (TPSA) is 72.2 Å². The van der Waals surface area contributed by atoms with E-state index in [4.69, 9.17) is 5.73 Å². The summed E-state index contributed by atoms with van der Waals surface area (Å²) in [5.74, 6) is 0. The summed E-state index contributed by atoms with van der Waals surface area (Å²) in [6, 6.07) is 5.64. The second kappa shape index (κ2) is 5.28. The number of nitrogens with two attached hydrogens (primary N) is 1. The fraction of sp³-hybridized carbons (Fsp3) is 0.538. The number of hydrogen-bond donors (Lipinski definition) is 2. The third-order valence-corrected chi connectivity index (χ3v) is 5.38. The molecule has 18 heavy (non-hydrogen) atoms. The molecule has 5 heteroatoms. The molecule has 0 unspecified atom stereocenters. The molecular formula is C13H20N2O2S. The Bertz CT molecular complexity index is 520. The largest absolute Gasteiger partial charge is 0.326 e. The monoisotopic (exact) mass is 268 g/mol. The highest BCUT2D eigenvalue weighted by Gasteiger charge is 2.28. The van der Waals surface area contributed by atoms with Crippen molar-refractivity contribution in [1.82, 2.24) is 0 Å². The highest BCUT2D eigenvalue weighted by molar-refractivity contribution is 7.93. The van der Waals surface area contributed by atoms with Crippen molar-refractivity contribution in [2.24, 2.45) is 5.73 Å². The number of aryl methyl sites for hydroxylation is 1. The zero-order valence-corrected chi connectivity index (χ0v) is 11.5. The van der Waals surface area contributed by atoms with Gasteiger partial charge in [-0.25, -0.2) is 8.42 Å². The predicted molar refractivity (Wildman–Crippen MR) is 73.9 cm³/mol. The number of nitrogens with one attached hydrogen (secondary N) is 1. The van der Waals surface area contributed by atoms with Crippen molar-refractivity contribution in [3.8, 4) is 0 Å². The Hall–Kier alpha value is -1.07. The van der Waals surface area contributed by atoms with Crippen LogP contribution in [0.5, 0.6) is 0 Å². The van der Waals surface area contributed by atoms with Gasteiger partial charge in [0, 0.05) is 6.54 Å². The van der Waals surface area contributed by atoms with E-state index in [1.807, 2.05) is 25.1 Å². The number of sulfonamides is 1. The lowest BCUT2D eigenvalue weighted by Gasteiger charge is -2.15. The average molecular weight is 268 g/mol. The molecule has 0 aromatic heterocycles. The van der Waals surface area contributed by atoms with E-state index in [1.54, 1.807) is 0 Å². The van der Waals surface area contributed by atoms with Crippen molar-refractivity contribution in [1.29, 1.82) is 0 Å². The molecule has 1 aromatic rings. The summed E-state index contributed by atoms with van der Waals surface area (Å²) in [6.07, 6.45) is 3.55. The van der Waals surface area contributed by atoms with Crippen LogP contribution in [0.15, 0.2) is 18.2 Å². The minimum atomic E-state index is -3.25. The van der Waals surface area contributed by atoms with E-state index in [1.165, 1.54) is 0 Å².